The maximum atomic E-state index is 10.3. The summed E-state index contributed by atoms with van der Waals surface area (Å²) in [5.74, 6) is -1.85. The number of thiophene rings is 2. The molecule has 1 fully saturated rings. The molecular weight excluding hydrogens is 418 g/mol. The van der Waals surface area contributed by atoms with Crippen LogP contribution in [0.15, 0.2) is 24.3 Å². The molecule has 0 saturated carbocycles. The van der Waals surface area contributed by atoms with Gasteiger partial charge in [-0.25, -0.2) is 9.59 Å². The number of carbonyl (C=O) groups is 2. The van der Waals surface area contributed by atoms with Crippen LogP contribution >= 0.6 is 22.7 Å². The summed E-state index contributed by atoms with van der Waals surface area (Å²) in [5.41, 5.74) is 0. The number of methoxy groups -OCH3 is 1. The van der Waals surface area contributed by atoms with Crippen LogP contribution in [0, 0.1) is 0 Å². The molecule has 1 aliphatic heterocycles. The largest absolute Gasteiger partial charge is 1.00 e. The molecule has 1 aliphatic rings. The molecule has 149 valence electrons. The fourth-order valence-corrected chi connectivity index (χ4v) is 3.05. The Balaban J connectivity index is -0.000000342. The standard InChI is InChI=1S/2C6H6O3S.C4H8O2.B.Na.H/c1-9-5-3-2-4(10-5)6(7)8;7-3-4-1-2-5(10-4)6(8)9;5-4-2-1-3-6-4;;;/h2-3H,1H3,(H,7,8);1-2,7H,3H2,(H,8,9);4-5H,1-3H2;;;/q;;;;+1;-1. The first kappa shape index (κ1) is 29.3. The summed E-state index contributed by atoms with van der Waals surface area (Å²) in [6.45, 7) is 0.652. The van der Waals surface area contributed by atoms with E-state index in [4.69, 9.17) is 29.9 Å². The molecule has 1 saturated heterocycles. The fourth-order valence-electron chi connectivity index (χ4n) is 1.68. The SMILES string of the molecule is COc1ccc(C(=O)O)s1.O=C(O)c1ccc(CO)s1.OC1CCCO1.[B].[H-].[Na+]. The quantitative estimate of drug-likeness (QED) is 0.458. The van der Waals surface area contributed by atoms with E-state index >= 15 is 0 Å². The molecule has 1 unspecified atom stereocenters. The molecule has 4 N–H and O–H groups in total. The van der Waals surface area contributed by atoms with Gasteiger partial charge in [0.1, 0.15) is 9.75 Å². The van der Waals surface area contributed by atoms with Gasteiger partial charge in [0, 0.05) is 26.3 Å². The Morgan fingerprint density at radius 3 is 2.00 bits per heavy atom. The number of aromatic carboxylic acids is 2. The number of carboxylic acid groups (broad SMARTS) is 2. The van der Waals surface area contributed by atoms with Crippen LogP contribution in [0.1, 0.15) is 38.5 Å². The van der Waals surface area contributed by atoms with Crippen molar-refractivity contribution in [2.75, 3.05) is 13.7 Å². The smallest absolute Gasteiger partial charge is 1.00 e. The molecule has 0 amide bonds. The molecule has 0 aromatic carbocycles. The Labute approximate surface area is 196 Å². The Morgan fingerprint density at radius 2 is 1.75 bits per heavy atom. The van der Waals surface area contributed by atoms with Crippen molar-refractivity contribution in [3.63, 3.8) is 0 Å². The van der Waals surface area contributed by atoms with Crippen LogP contribution in [-0.2, 0) is 11.3 Å². The minimum absolute atomic E-state index is 0. The number of rotatable bonds is 4. The summed E-state index contributed by atoms with van der Waals surface area (Å²) in [7, 11) is 1.51. The molecule has 2 aromatic rings. The average Bonchev–Trinajstić information content (AvgIpc) is 3.36. The van der Waals surface area contributed by atoms with E-state index < -0.39 is 18.2 Å². The van der Waals surface area contributed by atoms with Gasteiger partial charge in [-0.2, -0.15) is 0 Å². The summed E-state index contributed by atoms with van der Waals surface area (Å²) in [6.07, 6.45) is 1.38. The van der Waals surface area contributed by atoms with Crippen LogP contribution in [-0.4, -0.2) is 60.8 Å². The Bertz CT molecular complexity index is 654. The van der Waals surface area contributed by atoms with E-state index in [-0.39, 0.29) is 50.9 Å². The summed E-state index contributed by atoms with van der Waals surface area (Å²) >= 11 is 2.21. The Kier molecular flexibility index (Phi) is 16.7. The topological polar surface area (TPSA) is 134 Å². The molecular formula is C16H21BNaO8S2. The van der Waals surface area contributed by atoms with E-state index in [9.17, 15) is 9.59 Å². The molecule has 0 spiro atoms. The van der Waals surface area contributed by atoms with Crippen LogP contribution < -0.4 is 34.3 Å². The fraction of sp³-hybridized carbons (Fsp3) is 0.375. The van der Waals surface area contributed by atoms with Crippen LogP contribution in [0.2, 0.25) is 0 Å². The first-order valence-corrected chi connectivity index (χ1v) is 9.10. The van der Waals surface area contributed by atoms with Gasteiger partial charge in [-0.05, 0) is 30.7 Å². The van der Waals surface area contributed by atoms with Crippen LogP contribution in [0.4, 0.5) is 0 Å². The Morgan fingerprint density at radius 1 is 1.18 bits per heavy atom. The molecule has 12 heteroatoms. The van der Waals surface area contributed by atoms with Gasteiger partial charge >= 0.3 is 41.5 Å². The molecule has 1 atom stereocenters. The maximum absolute atomic E-state index is 10.3. The summed E-state index contributed by atoms with van der Waals surface area (Å²) in [4.78, 5) is 21.8. The minimum atomic E-state index is -0.940. The first-order valence-electron chi connectivity index (χ1n) is 7.47. The second-order valence-corrected chi connectivity index (χ2v) is 7.04. The number of aliphatic hydroxyl groups is 2. The first-order chi connectivity index (χ1) is 12.4. The van der Waals surface area contributed by atoms with Crippen molar-refractivity contribution in [1.29, 1.82) is 0 Å². The van der Waals surface area contributed by atoms with Crippen molar-refractivity contribution >= 4 is 43.0 Å². The van der Waals surface area contributed by atoms with Gasteiger partial charge in [-0.3, -0.25) is 0 Å². The molecule has 28 heavy (non-hydrogen) atoms. The second kappa shape index (κ2) is 15.9. The molecule has 2 aromatic heterocycles. The number of aliphatic hydroxyl groups excluding tert-OH is 2. The third-order valence-corrected chi connectivity index (χ3v) is 5.02. The van der Waals surface area contributed by atoms with Gasteiger partial charge < -0.3 is 31.3 Å². The normalized spacial score (nSPS) is 14.2. The summed E-state index contributed by atoms with van der Waals surface area (Å²) in [6, 6.07) is 6.24. The predicted octanol–water partition coefficient (Wildman–Crippen LogP) is -0.756. The van der Waals surface area contributed by atoms with E-state index in [1.807, 2.05) is 0 Å². The minimum Gasteiger partial charge on any atom is -1.00 e. The van der Waals surface area contributed by atoms with Gasteiger partial charge in [0.2, 0.25) is 0 Å². The molecule has 3 heterocycles. The van der Waals surface area contributed by atoms with Gasteiger partial charge in [0.15, 0.2) is 11.4 Å². The summed E-state index contributed by atoms with van der Waals surface area (Å²) < 4.78 is 9.51. The third-order valence-electron chi connectivity index (χ3n) is 2.93. The van der Waals surface area contributed by atoms with Crippen LogP contribution in [0.3, 0.4) is 0 Å². The number of ether oxygens (including phenoxy) is 2. The Hall–Kier alpha value is -0.915. The molecule has 0 bridgehead atoms. The molecule has 3 radical (unpaired) electrons. The predicted molar refractivity (Wildman–Crippen MR) is 103 cm³/mol. The van der Waals surface area contributed by atoms with Crippen molar-refractivity contribution in [2.24, 2.45) is 0 Å². The van der Waals surface area contributed by atoms with Gasteiger partial charge in [-0.1, -0.05) is 11.3 Å². The van der Waals surface area contributed by atoms with Crippen LogP contribution in [0.25, 0.3) is 0 Å². The van der Waals surface area contributed by atoms with E-state index in [2.05, 4.69) is 0 Å². The van der Waals surface area contributed by atoms with Gasteiger partial charge in [0.05, 0.1) is 13.7 Å². The number of hydrogen-bond donors (Lipinski definition) is 4. The van der Waals surface area contributed by atoms with Crippen LogP contribution in [0.5, 0.6) is 5.06 Å². The van der Waals surface area contributed by atoms with Crippen molar-refractivity contribution in [2.45, 2.75) is 25.7 Å². The van der Waals surface area contributed by atoms with Gasteiger partial charge in [-0.15, -0.1) is 11.3 Å². The monoisotopic (exact) mass is 439 g/mol. The third kappa shape index (κ3) is 11.2. The zero-order valence-corrected chi connectivity index (χ0v) is 19.2. The zero-order chi connectivity index (χ0) is 19.5. The number of carboxylic acids is 2. The van der Waals surface area contributed by atoms with E-state index in [0.717, 1.165) is 42.1 Å². The summed E-state index contributed by atoms with van der Waals surface area (Å²) in [5, 5.41) is 34.6. The molecule has 8 nitrogen and oxygen atoms in total. The average molecular weight is 439 g/mol. The van der Waals surface area contributed by atoms with E-state index in [0.29, 0.717) is 14.8 Å². The molecule has 0 aliphatic carbocycles. The van der Waals surface area contributed by atoms with Crippen molar-refractivity contribution in [3.8, 4) is 5.06 Å². The number of hydrogen-bond acceptors (Lipinski definition) is 8. The van der Waals surface area contributed by atoms with Gasteiger partial charge in [0.25, 0.3) is 0 Å². The van der Waals surface area contributed by atoms with Crippen molar-refractivity contribution < 1.29 is 70.5 Å². The maximum Gasteiger partial charge on any atom is 1.00 e. The van der Waals surface area contributed by atoms with E-state index in [1.54, 1.807) is 12.1 Å². The van der Waals surface area contributed by atoms with E-state index in [1.165, 1.54) is 19.2 Å². The zero-order valence-electron chi connectivity index (χ0n) is 16.5. The van der Waals surface area contributed by atoms with Crippen molar-refractivity contribution in [3.05, 3.63) is 38.9 Å². The molecule has 3 rings (SSSR count). The van der Waals surface area contributed by atoms with Crippen molar-refractivity contribution in [1.82, 2.24) is 0 Å². The second-order valence-electron chi connectivity index (χ2n) is 4.82.